The lowest BCUT2D eigenvalue weighted by molar-refractivity contribution is -0.154. The summed E-state index contributed by atoms with van der Waals surface area (Å²) in [6.45, 7) is 4.00. The van der Waals surface area contributed by atoms with Gasteiger partial charge in [0, 0.05) is 30.0 Å². The Balaban J connectivity index is 1.48. The van der Waals surface area contributed by atoms with E-state index in [2.05, 4.69) is 25.4 Å². The van der Waals surface area contributed by atoms with Crippen molar-refractivity contribution in [1.82, 2.24) is 20.1 Å². The summed E-state index contributed by atoms with van der Waals surface area (Å²) in [5, 5.41) is 6.94. The van der Waals surface area contributed by atoms with Crippen LogP contribution < -0.4 is 10.1 Å². The van der Waals surface area contributed by atoms with E-state index in [4.69, 9.17) is 9.26 Å². The fourth-order valence-electron chi connectivity index (χ4n) is 4.20. The monoisotopic (exact) mass is 525 g/mol. The maximum Gasteiger partial charge on any atom is 0.422 e. The molecule has 2 aromatic heterocycles. The fraction of sp³-hybridized carbons (Fsp3) is 0.520. The molecule has 1 aromatic carbocycles. The Bertz CT molecular complexity index is 1210. The van der Waals surface area contributed by atoms with Crippen molar-refractivity contribution in [3.8, 4) is 6.01 Å². The van der Waals surface area contributed by atoms with Gasteiger partial charge in [-0.05, 0) is 50.7 Å². The van der Waals surface area contributed by atoms with E-state index in [-0.39, 0.29) is 35.6 Å². The SMILES string of the molecule is CCC(F)(F)c1cccc(C2CC2c2nc(NCCCc3c(C)noc3C)nc(OCC(F)(F)F)n2)c1. The molecule has 1 aliphatic rings. The molecule has 0 spiro atoms. The summed E-state index contributed by atoms with van der Waals surface area (Å²) in [6, 6.07) is 5.77. The molecule has 37 heavy (non-hydrogen) atoms. The number of aromatic nitrogens is 4. The van der Waals surface area contributed by atoms with Gasteiger partial charge in [-0.15, -0.1) is 0 Å². The molecule has 2 unspecified atom stereocenters. The molecule has 1 fully saturated rings. The largest absolute Gasteiger partial charge is 0.454 e. The molecule has 0 saturated heterocycles. The van der Waals surface area contributed by atoms with E-state index in [1.54, 1.807) is 12.1 Å². The molecule has 1 aliphatic carbocycles. The third-order valence-electron chi connectivity index (χ3n) is 6.37. The van der Waals surface area contributed by atoms with Crippen molar-refractivity contribution in [3.05, 3.63) is 58.2 Å². The quantitative estimate of drug-likeness (QED) is 0.234. The van der Waals surface area contributed by atoms with E-state index in [1.165, 1.54) is 19.1 Å². The van der Waals surface area contributed by atoms with Gasteiger partial charge in [-0.3, -0.25) is 0 Å². The van der Waals surface area contributed by atoms with Crippen LogP contribution in [0.1, 0.15) is 72.0 Å². The molecule has 3 aromatic rings. The first-order valence-corrected chi connectivity index (χ1v) is 12.1. The van der Waals surface area contributed by atoms with E-state index >= 15 is 0 Å². The van der Waals surface area contributed by atoms with Crippen LogP contribution in [0, 0.1) is 13.8 Å². The molecular weight excluding hydrogens is 497 g/mol. The van der Waals surface area contributed by atoms with E-state index in [9.17, 15) is 22.0 Å². The lowest BCUT2D eigenvalue weighted by Crippen LogP contribution is -2.21. The minimum absolute atomic E-state index is 0.0661. The Morgan fingerprint density at radius 3 is 2.54 bits per heavy atom. The second-order valence-electron chi connectivity index (χ2n) is 9.17. The minimum Gasteiger partial charge on any atom is -0.454 e. The van der Waals surface area contributed by atoms with Gasteiger partial charge in [0.1, 0.15) is 11.6 Å². The molecule has 200 valence electrons. The number of nitrogens with one attached hydrogen (secondary N) is 1. The lowest BCUT2D eigenvalue weighted by atomic mass is 10.0. The second kappa shape index (κ2) is 10.6. The predicted octanol–water partition coefficient (Wildman–Crippen LogP) is 6.24. The van der Waals surface area contributed by atoms with Crippen LogP contribution in [-0.2, 0) is 12.3 Å². The molecule has 2 heterocycles. The van der Waals surface area contributed by atoms with Gasteiger partial charge in [0.25, 0.3) is 5.92 Å². The number of hydrogen-bond acceptors (Lipinski definition) is 7. The molecule has 2 atom stereocenters. The van der Waals surface area contributed by atoms with Crippen molar-refractivity contribution in [1.29, 1.82) is 0 Å². The van der Waals surface area contributed by atoms with Crippen LogP contribution in [0.5, 0.6) is 6.01 Å². The third-order valence-corrected chi connectivity index (χ3v) is 6.37. The molecule has 0 amide bonds. The van der Waals surface area contributed by atoms with Gasteiger partial charge in [0.15, 0.2) is 6.61 Å². The number of rotatable bonds is 11. The highest BCUT2D eigenvalue weighted by Gasteiger charge is 2.43. The fourth-order valence-corrected chi connectivity index (χ4v) is 4.20. The van der Waals surface area contributed by atoms with E-state index < -0.39 is 24.7 Å². The Morgan fingerprint density at radius 1 is 1.08 bits per heavy atom. The van der Waals surface area contributed by atoms with Crippen molar-refractivity contribution in [2.45, 2.75) is 70.4 Å². The van der Waals surface area contributed by atoms with Crippen LogP contribution in [0.3, 0.4) is 0 Å². The number of hydrogen-bond donors (Lipinski definition) is 1. The summed E-state index contributed by atoms with van der Waals surface area (Å²) in [5.74, 6) is -2.21. The van der Waals surface area contributed by atoms with Crippen molar-refractivity contribution >= 4 is 5.95 Å². The number of alkyl halides is 5. The molecule has 1 saturated carbocycles. The zero-order valence-electron chi connectivity index (χ0n) is 20.7. The Kier molecular flexibility index (Phi) is 7.65. The van der Waals surface area contributed by atoms with Gasteiger partial charge < -0.3 is 14.6 Å². The van der Waals surface area contributed by atoms with Crippen molar-refractivity contribution in [2.24, 2.45) is 0 Å². The van der Waals surface area contributed by atoms with Crippen LogP contribution in [0.2, 0.25) is 0 Å². The lowest BCUT2D eigenvalue weighted by Gasteiger charge is -2.15. The van der Waals surface area contributed by atoms with Gasteiger partial charge in [0.05, 0.1) is 5.69 Å². The summed E-state index contributed by atoms with van der Waals surface area (Å²) in [4.78, 5) is 12.5. The number of nitrogens with zero attached hydrogens (tertiary/aromatic N) is 4. The van der Waals surface area contributed by atoms with E-state index in [0.717, 1.165) is 17.0 Å². The Morgan fingerprint density at radius 2 is 1.86 bits per heavy atom. The molecular formula is C25H28F5N5O2. The summed E-state index contributed by atoms with van der Waals surface area (Å²) in [6.07, 6.45) is -2.93. The van der Waals surface area contributed by atoms with Gasteiger partial charge in [-0.1, -0.05) is 30.3 Å². The molecule has 7 nitrogen and oxygen atoms in total. The van der Waals surface area contributed by atoms with Gasteiger partial charge in [0.2, 0.25) is 5.95 Å². The minimum atomic E-state index is -4.55. The van der Waals surface area contributed by atoms with Crippen molar-refractivity contribution < 1.29 is 31.2 Å². The molecule has 0 aliphatic heterocycles. The van der Waals surface area contributed by atoms with Crippen LogP contribution in [0.4, 0.5) is 27.9 Å². The van der Waals surface area contributed by atoms with E-state index in [1.807, 2.05) is 13.8 Å². The zero-order chi connectivity index (χ0) is 26.8. The van der Waals surface area contributed by atoms with Gasteiger partial charge >= 0.3 is 12.2 Å². The Hall–Kier alpha value is -3.31. The molecule has 12 heteroatoms. The number of ether oxygens (including phenoxy) is 1. The number of benzene rings is 1. The van der Waals surface area contributed by atoms with E-state index in [0.29, 0.717) is 31.4 Å². The van der Waals surface area contributed by atoms with Crippen molar-refractivity contribution in [3.63, 3.8) is 0 Å². The third kappa shape index (κ3) is 6.72. The predicted molar refractivity (Wildman–Crippen MR) is 125 cm³/mol. The van der Waals surface area contributed by atoms with Gasteiger partial charge in [-0.2, -0.15) is 28.1 Å². The summed E-state index contributed by atoms with van der Waals surface area (Å²) >= 11 is 0. The first-order valence-electron chi connectivity index (χ1n) is 12.1. The van der Waals surface area contributed by atoms with Crippen molar-refractivity contribution in [2.75, 3.05) is 18.5 Å². The number of halogens is 5. The molecule has 0 radical (unpaired) electrons. The van der Waals surface area contributed by atoms with Gasteiger partial charge in [-0.25, -0.2) is 8.78 Å². The maximum absolute atomic E-state index is 14.2. The summed E-state index contributed by atoms with van der Waals surface area (Å²) in [7, 11) is 0. The maximum atomic E-state index is 14.2. The first-order chi connectivity index (χ1) is 17.5. The first kappa shape index (κ1) is 26.7. The summed E-state index contributed by atoms with van der Waals surface area (Å²) < 4.78 is 76.5. The average Bonchev–Trinajstić information content (AvgIpc) is 3.60. The number of aryl methyl sites for hydroxylation is 2. The zero-order valence-corrected chi connectivity index (χ0v) is 20.7. The topological polar surface area (TPSA) is 86.0 Å². The van der Waals surface area contributed by atoms with Crippen LogP contribution in [0.25, 0.3) is 0 Å². The standard InChI is InChI=1S/C25H28F5N5O2/c1-4-24(26,27)17-8-5-7-16(11-17)19-12-20(19)21-32-22(34-23(33-21)36-13-25(28,29)30)31-10-6-9-18-14(2)35-37-15(18)3/h5,7-8,11,19-20H,4,6,9-10,12-13H2,1-3H3,(H,31,32,33,34). The highest BCUT2D eigenvalue weighted by Crippen LogP contribution is 2.54. The molecule has 0 bridgehead atoms. The smallest absolute Gasteiger partial charge is 0.422 e. The molecule has 4 rings (SSSR count). The normalized spacial score (nSPS) is 17.6. The summed E-state index contributed by atoms with van der Waals surface area (Å²) in [5.41, 5.74) is 2.46. The number of anilines is 1. The van der Waals surface area contributed by atoms with Crippen LogP contribution >= 0.6 is 0 Å². The second-order valence-corrected chi connectivity index (χ2v) is 9.17. The highest BCUT2D eigenvalue weighted by atomic mass is 19.4. The highest BCUT2D eigenvalue weighted by molar-refractivity contribution is 5.37. The average molecular weight is 526 g/mol. The van der Waals surface area contributed by atoms with Crippen LogP contribution in [-0.4, -0.2) is 39.4 Å². The molecule has 1 N–H and O–H groups in total. The van der Waals surface area contributed by atoms with Crippen LogP contribution in [0.15, 0.2) is 28.8 Å². The Labute approximate surface area is 210 Å².